The van der Waals surface area contributed by atoms with Gasteiger partial charge in [0.2, 0.25) is 0 Å². The van der Waals surface area contributed by atoms with Gasteiger partial charge in [0.25, 0.3) is 0 Å². The van der Waals surface area contributed by atoms with Gasteiger partial charge in [0.1, 0.15) is 6.10 Å². The molecule has 0 saturated heterocycles. The minimum Gasteiger partial charge on any atom is -0.465 e. The Balaban J connectivity index is 1.88. The number of aliphatic imine (C=N–C) groups is 1. The molecule has 0 heterocycles. The summed E-state index contributed by atoms with van der Waals surface area (Å²) in [6, 6.07) is 7.41. The summed E-state index contributed by atoms with van der Waals surface area (Å²) in [6.45, 7) is 2.08. The predicted octanol–water partition coefficient (Wildman–Crippen LogP) is 2.91. The molecule has 2 atom stereocenters. The van der Waals surface area contributed by atoms with Crippen LogP contribution in [0.15, 0.2) is 64.0 Å². The summed E-state index contributed by atoms with van der Waals surface area (Å²) in [5.74, 6) is -0.214. The van der Waals surface area contributed by atoms with E-state index >= 15 is 0 Å². The van der Waals surface area contributed by atoms with Crippen molar-refractivity contribution in [1.82, 2.24) is 0 Å². The second-order valence-corrected chi connectivity index (χ2v) is 6.94. The van der Waals surface area contributed by atoms with Gasteiger partial charge in [0, 0.05) is 10.5 Å². The molecule has 2 N–H and O–H groups in total. The summed E-state index contributed by atoms with van der Waals surface area (Å²) in [7, 11) is 0. The highest BCUT2D eigenvalue weighted by molar-refractivity contribution is 8.03. The van der Waals surface area contributed by atoms with Crippen LogP contribution < -0.4 is 0 Å². The molecule has 26 heavy (non-hydrogen) atoms. The number of fused-ring (bicyclic) bond motifs is 1. The molecule has 0 aromatic heterocycles. The number of esters is 1. The fraction of sp³-hybridized carbons (Fsp3) is 0.300. The molecule has 136 valence electrons. The molecule has 2 unspecified atom stereocenters. The molecule has 2 aliphatic rings. The van der Waals surface area contributed by atoms with Crippen LogP contribution >= 0.6 is 11.8 Å². The van der Waals surface area contributed by atoms with E-state index in [9.17, 15) is 15.0 Å². The van der Waals surface area contributed by atoms with Crippen molar-refractivity contribution in [1.29, 1.82) is 0 Å². The monoisotopic (exact) mass is 371 g/mol. The lowest BCUT2D eigenvalue weighted by atomic mass is 9.93. The van der Waals surface area contributed by atoms with Crippen molar-refractivity contribution in [3.8, 4) is 0 Å². The summed E-state index contributed by atoms with van der Waals surface area (Å²) in [5.41, 5.74) is 2.92. The van der Waals surface area contributed by atoms with Crippen molar-refractivity contribution < 1.29 is 19.7 Å². The van der Waals surface area contributed by atoms with Crippen molar-refractivity contribution in [3.63, 3.8) is 0 Å². The summed E-state index contributed by atoms with van der Waals surface area (Å²) in [5, 5.41) is 21.0. The molecule has 0 saturated carbocycles. The van der Waals surface area contributed by atoms with Gasteiger partial charge in [-0.15, -0.1) is 11.8 Å². The van der Waals surface area contributed by atoms with Gasteiger partial charge in [-0.3, -0.25) is 4.79 Å². The molecular formula is C20H21NO4S. The number of carbonyl (C=O) groups is 1. The largest absolute Gasteiger partial charge is 0.465 e. The Labute approximate surface area is 156 Å². The number of benzene rings is 1. The van der Waals surface area contributed by atoms with Crippen LogP contribution in [0, 0.1) is 0 Å². The average Bonchev–Trinajstić information content (AvgIpc) is 3.18. The molecule has 0 aliphatic heterocycles. The molecule has 1 aromatic rings. The third kappa shape index (κ3) is 4.15. The van der Waals surface area contributed by atoms with E-state index in [0.717, 1.165) is 11.1 Å². The second kappa shape index (κ2) is 8.49. The Morgan fingerprint density at radius 1 is 1.42 bits per heavy atom. The predicted molar refractivity (Wildman–Crippen MR) is 103 cm³/mol. The van der Waals surface area contributed by atoms with E-state index < -0.39 is 12.3 Å². The first-order valence-corrected chi connectivity index (χ1v) is 9.47. The van der Waals surface area contributed by atoms with Crippen LogP contribution in [-0.4, -0.2) is 40.5 Å². The van der Waals surface area contributed by atoms with Gasteiger partial charge in [-0.2, -0.15) is 0 Å². The summed E-state index contributed by atoms with van der Waals surface area (Å²) in [4.78, 5) is 16.7. The molecule has 0 fully saturated rings. The quantitative estimate of drug-likeness (QED) is 0.752. The topological polar surface area (TPSA) is 79.1 Å². The van der Waals surface area contributed by atoms with Crippen molar-refractivity contribution >= 4 is 23.4 Å². The number of ether oxygens (including phenoxy) is 1. The van der Waals surface area contributed by atoms with Gasteiger partial charge in [-0.1, -0.05) is 42.5 Å². The number of allylic oxidation sites excluding steroid dienone is 4. The Bertz CT molecular complexity index is 810. The maximum atomic E-state index is 11.6. The number of thioether (sulfide) groups is 1. The van der Waals surface area contributed by atoms with E-state index in [4.69, 9.17) is 4.74 Å². The van der Waals surface area contributed by atoms with E-state index in [0.29, 0.717) is 29.2 Å². The molecule has 6 heteroatoms. The van der Waals surface area contributed by atoms with Crippen LogP contribution in [0.4, 0.5) is 0 Å². The lowest BCUT2D eigenvalue weighted by Gasteiger charge is -2.24. The van der Waals surface area contributed by atoms with Crippen LogP contribution in [0.1, 0.15) is 30.6 Å². The zero-order valence-electron chi connectivity index (χ0n) is 14.5. The van der Waals surface area contributed by atoms with Gasteiger partial charge in [0.15, 0.2) is 6.23 Å². The first kappa shape index (κ1) is 18.6. The maximum absolute atomic E-state index is 11.6. The second-order valence-electron chi connectivity index (χ2n) is 5.89. The first-order chi connectivity index (χ1) is 12.6. The van der Waals surface area contributed by atoms with Crippen molar-refractivity contribution in [3.05, 3.63) is 70.2 Å². The third-order valence-corrected chi connectivity index (χ3v) is 5.19. The fourth-order valence-corrected chi connectivity index (χ4v) is 3.70. The third-order valence-electron chi connectivity index (χ3n) is 4.13. The minimum absolute atomic E-state index is 0.115. The summed E-state index contributed by atoms with van der Waals surface area (Å²) >= 11 is 1.23. The summed E-state index contributed by atoms with van der Waals surface area (Å²) in [6.07, 6.45) is 6.38. The zero-order valence-corrected chi connectivity index (χ0v) is 15.3. The van der Waals surface area contributed by atoms with Gasteiger partial charge >= 0.3 is 5.97 Å². The Hall–Kier alpha value is -2.15. The fourth-order valence-electron chi connectivity index (χ4n) is 2.86. The maximum Gasteiger partial charge on any atom is 0.316 e. The number of aliphatic hydroxyl groups excluding tert-OH is 2. The van der Waals surface area contributed by atoms with E-state index in [1.807, 2.05) is 42.5 Å². The average molecular weight is 371 g/mol. The Morgan fingerprint density at radius 2 is 2.23 bits per heavy atom. The lowest BCUT2D eigenvalue weighted by molar-refractivity contribution is -0.139. The molecule has 0 bridgehead atoms. The van der Waals surface area contributed by atoms with E-state index in [-0.39, 0.29) is 11.7 Å². The van der Waals surface area contributed by atoms with Crippen molar-refractivity contribution in [2.75, 3.05) is 12.4 Å². The first-order valence-electron chi connectivity index (χ1n) is 8.49. The number of carbonyl (C=O) groups excluding carboxylic acids is 1. The lowest BCUT2D eigenvalue weighted by Crippen LogP contribution is -2.18. The Kier molecular flexibility index (Phi) is 6.08. The minimum atomic E-state index is -0.934. The van der Waals surface area contributed by atoms with Crippen LogP contribution in [0.2, 0.25) is 0 Å². The molecule has 5 nitrogen and oxygen atoms in total. The van der Waals surface area contributed by atoms with Gasteiger partial charge in [0.05, 0.1) is 18.1 Å². The highest BCUT2D eigenvalue weighted by Gasteiger charge is 2.26. The molecule has 1 aromatic carbocycles. The van der Waals surface area contributed by atoms with E-state index in [2.05, 4.69) is 4.99 Å². The number of rotatable bonds is 6. The number of hydrogen-bond acceptors (Lipinski definition) is 6. The molecule has 3 rings (SSSR count). The van der Waals surface area contributed by atoms with Crippen LogP contribution in [0.25, 0.3) is 0 Å². The van der Waals surface area contributed by atoms with Gasteiger partial charge in [-0.25, -0.2) is 4.99 Å². The normalized spacial score (nSPS) is 21.2. The van der Waals surface area contributed by atoms with E-state index in [1.165, 1.54) is 11.8 Å². The molecule has 2 aliphatic carbocycles. The van der Waals surface area contributed by atoms with Crippen molar-refractivity contribution in [2.24, 2.45) is 4.99 Å². The number of aliphatic hydroxyl groups is 2. The van der Waals surface area contributed by atoms with Crippen LogP contribution in [-0.2, 0) is 9.53 Å². The molecule has 0 spiro atoms. The molecule has 0 radical (unpaired) electrons. The molecule has 0 amide bonds. The number of nitrogens with zero attached hydrogens (tertiary/aromatic N) is 1. The van der Waals surface area contributed by atoms with Gasteiger partial charge < -0.3 is 14.9 Å². The highest BCUT2D eigenvalue weighted by Crippen LogP contribution is 2.37. The smallest absolute Gasteiger partial charge is 0.316 e. The van der Waals surface area contributed by atoms with Crippen molar-refractivity contribution in [2.45, 2.75) is 25.7 Å². The zero-order chi connectivity index (χ0) is 18.5. The van der Waals surface area contributed by atoms with E-state index in [1.54, 1.807) is 13.0 Å². The Morgan fingerprint density at radius 3 is 2.96 bits per heavy atom. The SMILES string of the molecule is CCOC(=O)CSC1=CC(=NC(O)C2=CC=CC2)c2ccccc2C1O. The van der Waals surface area contributed by atoms with Crippen LogP contribution in [0.5, 0.6) is 0 Å². The van der Waals surface area contributed by atoms with Gasteiger partial charge in [-0.05, 0) is 30.6 Å². The standard InChI is InChI=1S/C20H21NO4S/c1-2-25-18(22)12-26-17-11-16(21-20(24)13-7-3-4-8-13)14-9-5-6-10-15(14)19(17)23/h3-7,9-11,19-20,23-24H,2,8,12H2,1H3. The molecular weight excluding hydrogens is 350 g/mol. The van der Waals surface area contributed by atoms with Crippen LogP contribution in [0.3, 0.4) is 0 Å². The summed E-state index contributed by atoms with van der Waals surface area (Å²) < 4.78 is 4.94. The highest BCUT2D eigenvalue weighted by atomic mass is 32.2. The number of hydrogen-bond donors (Lipinski definition) is 2.